The number of hydrogen-bond acceptors (Lipinski definition) is 3. The fourth-order valence-electron chi connectivity index (χ4n) is 3.36. The summed E-state index contributed by atoms with van der Waals surface area (Å²) in [4.78, 5) is 19.4. The van der Waals surface area contributed by atoms with Gasteiger partial charge in [0.1, 0.15) is 5.82 Å². The number of anilines is 1. The van der Waals surface area contributed by atoms with Crippen LogP contribution in [0.15, 0.2) is 60.8 Å². The molecule has 0 spiro atoms. The normalized spacial score (nSPS) is 14.0. The molecule has 1 fully saturated rings. The molecule has 25 heavy (non-hydrogen) atoms. The third kappa shape index (κ3) is 3.33. The largest absolute Gasteiger partial charge is 0.357 e. The quantitative estimate of drug-likeness (QED) is 0.791. The van der Waals surface area contributed by atoms with E-state index in [-0.39, 0.29) is 5.91 Å². The molecule has 2 heterocycles. The fraction of sp³-hybridized carbons (Fsp3) is 0.238. The summed E-state index contributed by atoms with van der Waals surface area (Å²) in [6.45, 7) is 2.66. The summed E-state index contributed by atoms with van der Waals surface area (Å²) in [5.74, 6) is 0.974. The molecule has 1 aliphatic rings. The standard InChI is InChI=1S/C21H21N3O/c25-21(19-9-5-7-17-6-1-2-8-18(17)19)23-15-16-10-11-20(22-14-16)24-12-3-4-13-24/h1-2,5-11,14H,3-4,12-13,15H2,(H,23,25). The molecule has 4 heteroatoms. The van der Waals surface area contributed by atoms with Crippen LogP contribution in [-0.2, 0) is 6.54 Å². The van der Waals surface area contributed by atoms with Gasteiger partial charge < -0.3 is 10.2 Å². The average Bonchev–Trinajstić information content (AvgIpc) is 3.21. The second-order valence-corrected chi connectivity index (χ2v) is 6.43. The number of hydrogen-bond donors (Lipinski definition) is 1. The summed E-state index contributed by atoms with van der Waals surface area (Å²) in [6.07, 6.45) is 4.34. The number of fused-ring (bicyclic) bond motifs is 1. The van der Waals surface area contributed by atoms with E-state index < -0.39 is 0 Å². The molecule has 1 amide bonds. The molecule has 0 aliphatic carbocycles. The molecule has 3 aromatic rings. The first-order valence-electron chi connectivity index (χ1n) is 8.77. The van der Waals surface area contributed by atoms with E-state index in [2.05, 4.69) is 15.2 Å². The van der Waals surface area contributed by atoms with Crippen LogP contribution < -0.4 is 10.2 Å². The highest BCUT2D eigenvalue weighted by atomic mass is 16.1. The lowest BCUT2D eigenvalue weighted by molar-refractivity contribution is 0.0952. The highest BCUT2D eigenvalue weighted by Gasteiger charge is 2.13. The molecule has 0 saturated carbocycles. The summed E-state index contributed by atoms with van der Waals surface area (Å²) in [6, 6.07) is 17.8. The predicted molar refractivity (Wildman–Crippen MR) is 101 cm³/mol. The van der Waals surface area contributed by atoms with Crippen LogP contribution in [0, 0.1) is 0 Å². The van der Waals surface area contributed by atoms with Gasteiger partial charge in [-0.05, 0) is 41.3 Å². The van der Waals surface area contributed by atoms with Crippen molar-refractivity contribution in [2.75, 3.05) is 18.0 Å². The molecule has 1 saturated heterocycles. The zero-order chi connectivity index (χ0) is 17.1. The van der Waals surface area contributed by atoms with Gasteiger partial charge in [0.25, 0.3) is 5.91 Å². The number of nitrogens with one attached hydrogen (secondary N) is 1. The number of carbonyl (C=O) groups excluding carboxylic acids is 1. The van der Waals surface area contributed by atoms with E-state index in [9.17, 15) is 4.79 Å². The van der Waals surface area contributed by atoms with Crippen molar-refractivity contribution in [1.82, 2.24) is 10.3 Å². The third-order valence-electron chi connectivity index (χ3n) is 4.73. The number of nitrogens with zero attached hydrogens (tertiary/aromatic N) is 2. The molecule has 4 rings (SSSR count). The minimum atomic E-state index is -0.0552. The van der Waals surface area contributed by atoms with Crippen molar-refractivity contribution in [1.29, 1.82) is 0 Å². The first-order chi connectivity index (χ1) is 12.3. The minimum absolute atomic E-state index is 0.0552. The van der Waals surface area contributed by atoms with Gasteiger partial charge in [-0.15, -0.1) is 0 Å². The molecule has 0 radical (unpaired) electrons. The summed E-state index contributed by atoms with van der Waals surface area (Å²) in [5.41, 5.74) is 1.72. The number of amides is 1. The molecular formula is C21H21N3O. The van der Waals surface area contributed by atoms with E-state index in [1.807, 2.05) is 60.8 Å². The number of benzene rings is 2. The molecule has 1 aliphatic heterocycles. The smallest absolute Gasteiger partial charge is 0.252 e. The van der Waals surface area contributed by atoms with E-state index in [0.717, 1.165) is 35.2 Å². The van der Waals surface area contributed by atoms with Gasteiger partial charge in [0, 0.05) is 31.4 Å². The van der Waals surface area contributed by atoms with Gasteiger partial charge in [0.05, 0.1) is 0 Å². The predicted octanol–water partition coefficient (Wildman–Crippen LogP) is 3.77. The van der Waals surface area contributed by atoms with Crippen LogP contribution in [0.1, 0.15) is 28.8 Å². The van der Waals surface area contributed by atoms with E-state index in [0.29, 0.717) is 12.1 Å². The van der Waals surface area contributed by atoms with Crippen LogP contribution in [-0.4, -0.2) is 24.0 Å². The fourth-order valence-corrected chi connectivity index (χ4v) is 3.36. The monoisotopic (exact) mass is 331 g/mol. The van der Waals surface area contributed by atoms with E-state index in [1.165, 1.54) is 12.8 Å². The second kappa shape index (κ2) is 6.93. The Hall–Kier alpha value is -2.88. The van der Waals surface area contributed by atoms with Crippen molar-refractivity contribution in [2.24, 2.45) is 0 Å². The van der Waals surface area contributed by atoms with Gasteiger partial charge in [-0.25, -0.2) is 4.98 Å². The number of pyridine rings is 1. The molecular weight excluding hydrogens is 310 g/mol. The van der Waals surface area contributed by atoms with Crippen molar-refractivity contribution in [2.45, 2.75) is 19.4 Å². The SMILES string of the molecule is O=C(NCc1ccc(N2CCCC2)nc1)c1cccc2ccccc12. The highest BCUT2D eigenvalue weighted by Crippen LogP contribution is 2.19. The van der Waals surface area contributed by atoms with Crippen molar-refractivity contribution in [3.8, 4) is 0 Å². The lowest BCUT2D eigenvalue weighted by Crippen LogP contribution is -2.23. The zero-order valence-electron chi connectivity index (χ0n) is 14.1. The Morgan fingerprint density at radius 1 is 1.00 bits per heavy atom. The summed E-state index contributed by atoms with van der Waals surface area (Å²) >= 11 is 0. The van der Waals surface area contributed by atoms with Crippen LogP contribution in [0.4, 0.5) is 5.82 Å². The van der Waals surface area contributed by atoms with Crippen LogP contribution in [0.25, 0.3) is 10.8 Å². The zero-order valence-corrected chi connectivity index (χ0v) is 14.1. The van der Waals surface area contributed by atoms with E-state index in [1.54, 1.807) is 0 Å². The Kier molecular flexibility index (Phi) is 4.34. The maximum absolute atomic E-state index is 12.6. The van der Waals surface area contributed by atoms with Crippen LogP contribution in [0.2, 0.25) is 0 Å². The molecule has 126 valence electrons. The maximum atomic E-state index is 12.6. The lowest BCUT2D eigenvalue weighted by Gasteiger charge is -2.16. The summed E-state index contributed by atoms with van der Waals surface area (Å²) in [5, 5.41) is 5.06. The van der Waals surface area contributed by atoms with E-state index in [4.69, 9.17) is 0 Å². The van der Waals surface area contributed by atoms with Gasteiger partial charge in [-0.1, -0.05) is 42.5 Å². The first-order valence-corrected chi connectivity index (χ1v) is 8.77. The van der Waals surface area contributed by atoms with Crippen LogP contribution in [0.5, 0.6) is 0 Å². The van der Waals surface area contributed by atoms with Gasteiger partial charge in [-0.3, -0.25) is 4.79 Å². The van der Waals surface area contributed by atoms with Crippen molar-refractivity contribution >= 4 is 22.5 Å². The van der Waals surface area contributed by atoms with Gasteiger partial charge in [-0.2, -0.15) is 0 Å². The number of rotatable bonds is 4. The van der Waals surface area contributed by atoms with Gasteiger partial charge in [0.2, 0.25) is 0 Å². The third-order valence-corrected chi connectivity index (χ3v) is 4.73. The highest BCUT2D eigenvalue weighted by molar-refractivity contribution is 6.06. The van der Waals surface area contributed by atoms with E-state index >= 15 is 0 Å². The molecule has 4 nitrogen and oxygen atoms in total. The number of aromatic nitrogens is 1. The Labute approximate surface area is 147 Å². The summed E-state index contributed by atoms with van der Waals surface area (Å²) in [7, 11) is 0. The van der Waals surface area contributed by atoms with Crippen molar-refractivity contribution in [3.63, 3.8) is 0 Å². The van der Waals surface area contributed by atoms with Gasteiger partial charge in [0.15, 0.2) is 0 Å². The topological polar surface area (TPSA) is 45.2 Å². The Balaban J connectivity index is 1.44. The van der Waals surface area contributed by atoms with Crippen LogP contribution in [0.3, 0.4) is 0 Å². The minimum Gasteiger partial charge on any atom is -0.357 e. The van der Waals surface area contributed by atoms with Crippen molar-refractivity contribution in [3.05, 3.63) is 71.9 Å². The van der Waals surface area contributed by atoms with Gasteiger partial charge >= 0.3 is 0 Å². The molecule has 0 unspecified atom stereocenters. The second-order valence-electron chi connectivity index (χ2n) is 6.43. The Morgan fingerprint density at radius 2 is 1.80 bits per heavy atom. The Morgan fingerprint density at radius 3 is 2.60 bits per heavy atom. The average molecular weight is 331 g/mol. The molecule has 1 N–H and O–H groups in total. The van der Waals surface area contributed by atoms with Crippen molar-refractivity contribution < 1.29 is 4.79 Å². The maximum Gasteiger partial charge on any atom is 0.252 e. The molecule has 0 atom stereocenters. The Bertz CT molecular complexity index is 878. The first kappa shape index (κ1) is 15.6. The molecule has 0 bridgehead atoms. The number of carbonyl (C=O) groups is 1. The lowest BCUT2D eigenvalue weighted by atomic mass is 10.0. The molecule has 1 aromatic heterocycles. The van der Waals surface area contributed by atoms with Crippen LogP contribution >= 0.6 is 0 Å². The molecule has 2 aromatic carbocycles. The summed E-state index contributed by atoms with van der Waals surface area (Å²) < 4.78 is 0.